The van der Waals surface area contributed by atoms with Crippen LogP contribution in [0.1, 0.15) is 32.6 Å². The van der Waals surface area contributed by atoms with E-state index in [-0.39, 0.29) is 11.5 Å². The van der Waals surface area contributed by atoms with Gasteiger partial charge in [-0.3, -0.25) is 9.69 Å². The monoisotopic (exact) mass is 461 g/mol. The summed E-state index contributed by atoms with van der Waals surface area (Å²) < 4.78 is 36.7. The van der Waals surface area contributed by atoms with Crippen molar-refractivity contribution in [1.29, 1.82) is 0 Å². The van der Waals surface area contributed by atoms with Gasteiger partial charge in [-0.1, -0.05) is 24.3 Å². The van der Waals surface area contributed by atoms with Gasteiger partial charge in [-0.15, -0.1) is 0 Å². The lowest BCUT2D eigenvalue weighted by Crippen LogP contribution is -2.32. The number of fused-ring (bicyclic) bond motifs is 2. The van der Waals surface area contributed by atoms with Gasteiger partial charge < -0.3 is 18.9 Å². The minimum absolute atomic E-state index is 0.104. The molecule has 6 nitrogen and oxygen atoms in total. The number of allylic oxidation sites excluding steroid dienone is 1. The smallest absolute Gasteiger partial charge is 0.231 e. The highest BCUT2D eigenvalue weighted by atomic mass is 19.1. The average molecular weight is 461 g/mol. The minimum Gasteiger partial charge on any atom is -0.493 e. The number of carbonyl (C=O) groups is 1. The summed E-state index contributed by atoms with van der Waals surface area (Å²) in [6, 6.07) is 13.9. The second-order valence-electron chi connectivity index (χ2n) is 8.28. The largest absolute Gasteiger partial charge is 0.493 e. The maximum absolute atomic E-state index is 14.1. The molecule has 2 aliphatic heterocycles. The molecule has 0 fully saturated rings. The summed E-state index contributed by atoms with van der Waals surface area (Å²) in [4.78, 5) is 15.2. The third kappa shape index (κ3) is 3.88. The summed E-state index contributed by atoms with van der Waals surface area (Å²) in [5.41, 5.74) is 3.50. The molecule has 0 amide bonds. The number of benzene rings is 3. The Morgan fingerprint density at radius 1 is 1.06 bits per heavy atom. The van der Waals surface area contributed by atoms with Gasteiger partial charge in [0.2, 0.25) is 5.78 Å². The molecule has 0 unspecified atom stereocenters. The Morgan fingerprint density at radius 2 is 1.85 bits per heavy atom. The first kappa shape index (κ1) is 22.0. The Morgan fingerprint density at radius 3 is 2.62 bits per heavy atom. The fourth-order valence-electron chi connectivity index (χ4n) is 4.37. The van der Waals surface area contributed by atoms with E-state index >= 15 is 0 Å². The first-order chi connectivity index (χ1) is 16.5. The van der Waals surface area contributed by atoms with Crippen molar-refractivity contribution >= 4 is 11.9 Å². The van der Waals surface area contributed by atoms with Gasteiger partial charge in [0.1, 0.15) is 24.0 Å². The van der Waals surface area contributed by atoms with E-state index in [1.54, 1.807) is 32.4 Å². The SMILES string of the molecule is COc1ccc(CN2COc3c(cc4c(c3C)O/C(=C\c3ccccc3F)C4=O)C2)cc1OC. The van der Waals surface area contributed by atoms with E-state index in [2.05, 4.69) is 4.90 Å². The van der Waals surface area contributed by atoms with Crippen LogP contribution in [-0.2, 0) is 13.1 Å². The highest BCUT2D eigenvalue weighted by Gasteiger charge is 2.33. The van der Waals surface area contributed by atoms with E-state index in [0.717, 1.165) is 22.4 Å². The number of hydrogen-bond acceptors (Lipinski definition) is 6. The van der Waals surface area contributed by atoms with Crippen LogP contribution in [0.25, 0.3) is 6.08 Å². The Balaban J connectivity index is 1.40. The first-order valence-electron chi connectivity index (χ1n) is 10.9. The number of nitrogens with zero attached hydrogens (tertiary/aromatic N) is 1. The van der Waals surface area contributed by atoms with Crippen molar-refractivity contribution in [1.82, 2.24) is 4.90 Å². The van der Waals surface area contributed by atoms with Gasteiger partial charge in [0, 0.05) is 29.8 Å². The van der Waals surface area contributed by atoms with E-state index in [1.807, 2.05) is 31.2 Å². The molecule has 7 heteroatoms. The van der Waals surface area contributed by atoms with Gasteiger partial charge in [-0.05, 0) is 42.8 Å². The van der Waals surface area contributed by atoms with Crippen molar-refractivity contribution in [2.24, 2.45) is 0 Å². The summed E-state index contributed by atoms with van der Waals surface area (Å²) >= 11 is 0. The number of methoxy groups -OCH3 is 2. The molecule has 3 aromatic rings. The molecule has 174 valence electrons. The van der Waals surface area contributed by atoms with Crippen LogP contribution < -0.4 is 18.9 Å². The van der Waals surface area contributed by atoms with Crippen molar-refractivity contribution in [2.45, 2.75) is 20.0 Å². The van der Waals surface area contributed by atoms with Crippen molar-refractivity contribution in [3.63, 3.8) is 0 Å². The molecule has 2 aliphatic rings. The maximum Gasteiger partial charge on any atom is 0.231 e. The van der Waals surface area contributed by atoms with Gasteiger partial charge in [0.25, 0.3) is 0 Å². The van der Waals surface area contributed by atoms with E-state index in [0.29, 0.717) is 48.2 Å². The number of halogens is 1. The lowest BCUT2D eigenvalue weighted by Gasteiger charge is -2.30. The normalized spacial score (nSPS) is 16.0. The van der Waals surface area contributed by atoms with Crippen LogP contribution in [0.4, 0.5) is 4.39 Å². The zero-order valence-corrected chi connectivity index (χ0v) is 19.2. The van der Waals surface area contributed by atoms with E-state index in [1.165, 1.54) is 12.1 Å². The standard InChI is InChI=1S/C27H24FNO5/c1-16-26-19(14-29(15-33-26)13-17-8-9-22(31-2)23(10-17)32-3)11-20-25(30)24(34-27(16)20)12-18-6-4-5-7-21(18)28/h4-12H,13-15H2,1-3H3/b24-12-. The number of ketones is 1. The maximum atomic E-state index is 14.1. The molecule has 0 spiro atoms. The van der Waals surface area contributed by atoms with Crippen LogP contribution in [0.2, 0.25) is 0 Å². The Kier molecular flexibility index (Phi) is 5.71. The van der Waals surface area contributed by atoms with Gasteiger partial charge >= 0.3 is 0 Å². The van der Waals surface area contributed by atoms with Crippen molar-refractivity contribution in [3.8, 4) is 23.0 Å². The second kappa shape index (κ2) is 8.83. The molecular formula is C27H24FNO5. The van der Waals surface area contributed by atoms with Crippen LogP contribution in [0.3, 0.4) is 0 Å². The van der Waals surface area contributed by atoms with E-state index in [9.17, 15) is 9.18 Å². The van der Waals surface area contributed by atoms with Crippen molar-refractivity contribution in [2.75, 3.05) is 21.0 Å². The molecule has 3 aromatic carbocycles. The Labute approximate surface area is 197 Å². The quantitative estimate of drug-likeness (QED) is 0.492. The number of rotatable bonds is 5. The number of Topliss-reactive ketones (excluding diaryl/α,β-unsaturated/α-hetero) is 1. The zero-order valence-electron chi connectivity index (χ0n) is 19.2. The summed E-state index contributed by atoms with van der Waals surface area (Å²) in [5, 5.41) is 0. The third-order valence-corrected chi connectivity index (χ3v) is 6.05. The highest BCUT2D eigenvalue weighted by Crippen LogP contribution is 2.43. The van der Waals surface area contributed by atoms with Crippen molar-refractivity contribution in [3.05, 3.63) is 87.9 Å². The fraction of sp³-hybridized carbons (Fsp3) is 0.222. The van der Waals surface area contributed by atoms with Crippen LogP contribution in [0.15, 0.2) is 54.3 Å². The predicted octanol–water partition coefficient (Wildman–Crippen LogP) is 5.12. The molecule has 2 heterocycles. The van der Waals surface area contributed by atoms with E-state index < -0.39 is 5.82 Å². The Bertz CT molecular complexity index is 1320. The van der Waals surface area contributed by atoms with Crippen LogP contribution in [0, 0.1) is 12.7 Å². The lowest BCUT2D eigenvalue weighted by atomic mass is 9.99. The molecule has 0 aliphatic carbocycles. The van der Waals surface area contributed by atoms with Gasteiger partial charge in [0.05, 0.1) is 19.8 Å². The average Bonchev–Trinajstić information content (AvgIpc) is 3.16. The topological polar surface area (TPSA) is 57.2 Å². The number of hydrogen-bond donors (Lipinski definition) is 0. The fourth-order valence-corrected chi connectivity index (χ4v) is 4.37. The van der Waals surface area contributed by atoms with E-state index in [4.69, 9.17) is 18.9 Å². The first-order valence-corrected chi connectivity index (χ1v) is 10.9. The third-order valence-electron chi connectivity index (χ3n) is 6.05. The summed E-state index contributed by atoms with van der Waals surface area (Å²) in [6.07, 6.45) is 1.44. The highest BCUT2D eigenvalue weighted by molar-refractivity contribution is 6.15. The molecule has 0 radical (unpaired) electrons. The molecule has 5 rings (SSSR count). The molecule has 0 bridgehead atoms. The molecule has 0 saturated heterocycles. The molecule has 0 aromatic heterocycles. The van der Waals surface area contributed by atoms with Gasteiger partial charge in [-0.2, -0.15) is 0 Å². The lowest BCUT2D eigenvalue weighted by molar-refractivity contribution is 0.0876. The molecule has 0 saturated carbocycles. The van der Waals surface area contributed by atoms with Crippen LogP contribution >= 0.6 is 0 Å². The van der Waals surface area contributed by atoms with Crippen molar-refractivity contribution < 1.29 is 28.1 Å². The summed E-state index contributed by atoms with van der Waals surface area (Å²) in [6.45, 7) is 3.52. The molecule has 34 heavy (non-hydrogen) atoms. The Hall–Kier alpha value is -3.84. The van der Waals surface area contributed by atoms with Gasteiger partial charge in [0.15, 0.2) is 17.3 Å². The minimum atomic E-state index is -0.410. The molecular weight excluding hydrogens is 437 g/mol. The zero-order chi connectivity index (χ0) is 23.8. The van der Waals surface area contributed by atoms with Crippen LogP contribution in [0.5, 0.6) is 23.0 Å². The van der Waals surface area contributed by atoms with Crippen LogP contribution in [-0.4, -0.2) is 31.6 Å². The molecule has 0 N–H and O–H groups in total. The second-order valence-corrected chi connectivity index (χ2v) is 8.28. The molecule has 0 atom stereocenters. The number of ether oxygens (including phenoxy) is 4. The summed E-state index contributed by atoms with van der Waals surface area (Å²) in [7, 11) is 3.22. The van der Waals surface area contributed by atoms with Gasteiger partial charge in [-0.25, -0.2) is 4.39 Å². The number of carbonyl (C=O) groups excluding carboxylic acids is 1. The summed E-state index contributed by atoms with van der Waals surface area (Å²) in [5.74, 6) is 1.97. The predicted molar refractivity (Wildman–Crippen MR) is 125 cm³/mol.